The second kappa shape index (κ2) is 6.15. The van der Waals surface area contributed by atoms with Crippen molar-refractivity contribution < 1.29 is 4.79 Å². The van der Waals surface area contributed by atoms with Crippen molar-refractivity contribution in [3.8, 4) is 6.07 Å². The molecule has 1 aromatic carbocycles. The molecule has 26 heavy (non-hydrogen) atoms. The molecule has 0 atom stereocenters. The molecule has 130 valence electrons. The molecular weight excluding hydrogens is 330 g/mol. The molecule has 0 saturated heterocycles. The first-order valence-corrected chi connectivity index (χ1v) is 8.46. The summed E-state index contributed by atoms with van der Waals surface area (Å²) < 4.78 is 3.41. The standard InChI is InChI=1S/C19H17N5O2/c1-12-8-15-18(19(26)23-7-3-6-16(23)22-15)24(12)11-17(25)21-14-5-2-4-13(9-14)10-20/h2,4-5,8-9H,3,6-7,11H2,1H3,(H,21,25). The Balaban J connectivity index is 1.67. The lowest BCUT2D eigenvalue weighted by Gasteiger charge is -2.10. The predicted molar refractivity (Wildman–Crippen MR) is 96.8 cm³/mol. The van der Waals surface area contributed by atoms with Crippen molar-refractivity contribution in [1.29, 1.82) is 5.26 Å². The number of hydrogen-bond donors (Lipinski definition) is 1. The maximum atomic E-state index is 12.8. The summed E-state index contributed by atoms with van der Waals surface area (Å²) in [5, 5.41) is 11.7. The van der Waals surface area contributed by atoms with Crippen LogP contribution in [0.3, 0.4) is 0 Å². The van der Waals surface area contributed by atoms with E-state index in [9.17, 15) is 9.59 Å². The zero-order chi connectivity index (χ0) is 18.3. The second-order valence-corrected chi connectivity index (χ2v) is 6.43. The molecule has 0 saturated carbocycles. The average molecular weight is 347 g/mol. The van der Waals surface area contributed by atoms with Gasteiger partial charge in [0.2, 0.25) is 5.91 Å². The Kier molecular flexibility index (Phi) is 3.81. The van der Waals surface area contributed by atoms with Crippen LogP contribution in [-0.2, 0) is 24.3 Å². The number of anilines is 1. The maximum absolute atomic E-state index is 12.8. The smallest absolute Gasteiger partial charge is 0.278 e. The van der Waals surface area contributed by atoms with Crippen molar-refractivity contribution >= 4 is 22.6 Å². The van der Waals surface area contributed by atoms with E-state index in [0.717, 1.165) is 24.4 Å². The highest BCUT2D eigenvalue weighted by atomic mass is 16.2. The minimum absolute atomic E-state index is 0.0163. The van der Waals surface area contributed by atoms with E-state index in [0.29, 0.717) is 28.8 Å². The van der Waals surface area contributed by atoms with Crippen LogP contribution in [0.4, 0.5) is 5.69 Å². The summed E-state index contributed by atoms with van der Waals surface area (Å²) in [6, 6.07) is 10.6. The lowest BCUT2D eigenvalue weighted by atomic mass is 10.2. The first-order valence-electron chi connectivity index (χ1n) is 8.46. The largest absolute Gasteiger partial charge is 0.330 e. The van der Waals surface area contributed by atoms with E-state index in [2.05, 4.69) is 10.3 Å². The summed E-state index contributed by atoms with van der Waals surface area (Å²) in [5.41, 5.74) is 2.86. The van der Waals surface area contributed by atoms with Crippen molar-refractivity contribution in [2.24, 2.45) is 0 Å². The Hall–Kier alpha value is -3.40. The van der Waals surface area contributed by atoms with Crippen LogP contribution in [0, 0.1) is 18.3 Å². The van der Waals surface area contributed by atoms with Gasteiger partial charge in [0.1, 0.15) is 17.9 Å². The van der Waals surface area contributed by atoms with E-state index >= 15 is 0 Å². The van der Waals surface area contributed by atoms with Crippen LogP contribution in [0.1, 0.15) is 23.5 Å². The molecule has 0 bridgehead atoms. The number of aromatic nitrogens is 3. The number of nitrogens with zero attached hydrogens (tertiary/aromatic N) is 4. The Labute approximate surface area is 149 Å². The number of amides is 1. The lowest BCUT2D eigenvalue weighted by molar-refractivity contribution is -0.116. The van der Waals surface area contributed by atoms with Crippen molar-refractivity contribution in [1.82, 2.24) is 14.1 Å². The highest BCUT2D eigenvalue weighted by molar-refractivity contribution is 5.92. The lowest BCUT2D eigenvalue weighted by Crippen LogP contribution is -2.26. The van der Waals surface area contributed by atoms with Crippen molar-refractivity contribution in [3.05, 3.63) is 57.8 Å². The molecule has 7 heteroatoms. The maximum Gasteiger partial charge on any atom is 0.278 e. The van der Waals surface area contributed by atoms with Gasteiger partial charge in [0, 0.05) is 24.3 Å². The highest BCUT2D eigenvalue weighted by Gasteiger charge is 2.20. The number of aryl methyl sites for hydroxylation is 2. The van der Waals surface area contributed by atoms with Crippen LogP contribution < -0.4 is 10.9 Å². The fraction of sp³-hybridized carbons (Fsp3) is 0.263. The molecule has 1 amide bonds. The van der Waals surface area contributed by atoms with Crippen LogP contribution in [0.25, 0.3) is 11.0 Å². The molecule has 3 heterocycles. The fourth-order valence-electron chi connectivity index (χ4n) is 3.44. The van der Waals surface area contributed by atoms with Gasteiger partial charge >= 0.3 is 0 Å². The van der Waals surface area contributed by atoms with Crippen LogP contribution in [-0.4, -0.2) is 20.0 Å². The number of nitrogens with one attached hydrogen (secondary N) is 1. The predicted octanol–water partition coefficient (Wildman–Crippen LogP) is 1.96. The third-order valence-corrected chi connectivity index (χ3v) is 4.65. The molecule has 7 nitrogen and oxygen atoms in total. The number of carbonyl (C=O) groups excluding carboxylic acids is 1. The summed E-state index contributed by atoms with van der Waals surface area (Å²) in [6.45, 7) is 2.55. The molecule has 1 N–H and O–H groups in total. The number of fused-ring (bicyclic) bond motifs is 2. The summed E-state index contributed by atoms with van der Waals surface area (Å²) in [4.78, 5) is 29.9. The quantitative estimate of drug-likeness (QED) is 0.784. The Bertz CT molecular complexity index is 1130. The molecule has 3 aromatic rings. The molecule has 1 aliphatic rings. The van der Waals surface area contributed by atoms with Crippen LogP contribution in [0.5, 0.6) is 0 Å². The van der Waals surface area contributed by atoms with E-state index in [-0.39, 0.29) is 18.0 Å². The van der Waals surface area contributed by atoms with Gasteiger partial charge in [0.05, 0.1) is 17.1 Å². The van der Waals surface area contributed by atoms with E-state index in [1.165, 1.54) is 0 Å². The van der Waals surface area contributed by atoms with Gasteiger partial charge in [0.15, 0.2) is 0 Å². The van der Waals surface area contributed by atoms with Gasteiger partial charge in [0.25, 0.3) is 5.56 Å². The normalized spacial score (nSPS) is 12.8. The van der Waals surface area contributed by atoms with E-state index < -0.39 is 0 Å². The topological polar surface area (TPSA) is 92.7 Å². The van der Waals surface area contributed by atoms with Gasteiger partial charge < -0.3 is 9.88 Å². The third-order valence-electron chi connectivity index (χ3n) is 4.65. The molecule has 2 aromatic heterocycles. The first-order chi connectivity index (χ1) is 12.6. The Morgan fingerprint density at radius 1 is 1.38 bits per heavy atom. The number of hydrogen-bond acceptors (Lipinski definition) is 4. The number of nitriles is 1. The SMILES string of the molecule is Cc1cc2nc3n(c(=O)c2n1CC(=O)Nc1cccc(C#N)c1)CCC3. The molecule has 0 fully saturated rings. The van der Waals surface area contributed by atoms with Crippen molar-refractivity contribution in [3.63, 3.8) is 0 Å². The van der Waals surface area contributed by atoms with Gasteiger partial charge in [-0.1, -0.05) is 6.07 Å². The zero-order valence-electron chi connectivity index (χ0n) is 14.3. The minimum atomic E-state index is -0.259. The summed E-state index contributed by atoms with van der Waals surface area (Å²) >= 11 is 0. The molecule has 0 spiro atoms. The van der Waals surface area contributed by atoms with Crippen molar-refractivity contribution in [2.75, 3.05) is 5.32 Å². The van der Waals surface area contributed by atoms with Gasteiger partial charge in [-0.2, -0.15) is 5.26 Å². The van der Waals surface area contributed by atoms with Crippen molar-refractivity contribution in [2.45, 2.75) is 32.9 Å². The molecule has 0 unspecified atom stereocenters. The summed E-state index contributed by atoms with van der Waals surface area (Å²) in [6.07, 6.45) is 1.73. The van der Waals surface area contributed by atoms with Gasteiger partial charge in [-0.05, 0) is 37.6 Å². The van der Waals surface area contributed by atoms with Gasteiger partial charge in [-0.3, -0.25) is 14.2 Å². The monoisotopic (exact) mass is 347 g/mol. The summed E-state index contributed by atoms with van der Waals surface area (Å²) in [7, 11) is 0. The van der Waals surface area contributed by atoms with Gasteiger partial charge in [-0.25, -0.2) is 4.98 Å². The third kappa shape index (κ3) is 2.65. The van der Waals surface area contributed by atoms with Crippen LogP contribution in [0.2, 0.25) is 0 Å². The van der Waals surface area contributed by atoms with E-state index in [1.807, 2.05) is 19.1 Å². The molecule has 0 radical (unpaired) electrons. The number of carbonyl (C=O) groups is 1. The Morgan fingerprint density at radius 3 is 3.04 bits per heavy atom. The molecule has 0 aliphatic carbocycles. The van der Waals surface area contributed by atoms with Crippen LogP contribution >= 0.6 is 0 Å². The zero-order valence-corrected chi connectivity index (χ0v) is 14.3. The molecule has 1 aliphatic heterocycles. The van der Waals surface area contributed by atoms with Crippen LogP contribution in [0.15, 0.2) is 35.1 Å². The van der Waals surface area contributed by atoms with Gasteiger partial charge in [-0.15, -0.1) is 0 Å². The van der Waals surface area contributed by atoms with E-state index in [4.69, 9.17) is 5.26 Å². The number of rotatable bonds is 3. The fourth-order valence-corrected chi connectivity index (χ4v) is 3.44. The molecular formula is C19H17N5O2. The number of benzene rings is 1. The van der Waals surface area contributed by atoms with E-state index in [1.54, 1.807) is 33.4 Å². The first kappa shape index (κ1) is 16.1. The minimum Gasteiger partial charge on any atom is -0.330 e. The summed E-state index contributed by atoms with van der Waals surface area (Å²) in [5.74, 6) is 0.558. The molecule has 4 rings (SSSR count). The Morgan fingerprint density at radius 2 is 2.23 bits per heavy atom. The highest BCUT2D eigenvalue weighted by Crippen LogP contribution is 2.19. The average Bonchev–Trinajstić information content (AvgIpc) is 3.20. The second-order valence-electron chi connectivity index (χ2n) is 6.43.